The third-order valence-corrected chi connectivity index (χ3v) is 3.76. The summed E-state index contributed by atoms with van der Waals surface area (Å²) in [7, 11) is 0. The van der Waals surface area contributed by atoms with Gasteiger partial charge in [-0.25, -0.2) is 0 Å². The molecule has 1 amide bonds. The van der Waals surface area contributed by atoms with Crippen molar-refractivity contribution in [3.8, 4) is 0 Å². The summed E-state index contributed by atoms with van der Waals surface area (Å²) in [5, 5.41) is 4.01. The average Bonchev–Trinajstić information content (AvgIpc) is 2.80. The predicted molar refractivity (Wildman–Crippen MR) is 75.5 cm³/mol. The minimum atomic E-state index is -0.113. The summed E-state index contributed by atoms with van der Waals surface area (Å²) in [6.45, 7) is 2.48. The lowest BCUT2D eigenvalue weighted by molar-refractivity contribution is 0.0670. The molecule has 6 heteroatoms. The van der Waals surface area contributed by atoms with E-state index in [1.807, 2.05) is 4.90 Å². The highest BCUT2D eigenvalue weighted by molar-refractivity contribution is 5.94. The van der Waals surface area contributed by atoms with Crippen molar-refractivity contribution in [1.29, 1.82) is 0 Å². The molecule has 110 valence electrons. The number of pyridine rings is 1. The Morgan fingerprint density at radius 2 is 2.29 bits per heavy atom. The molecule has 3 rings (SSSR count). The van der Waals surface area contributed by atoms with E-state index in [4.69, 9.17) is 4.52 Å². The Balaban J connectivity index is 1.90. The van der Waals surface area contributed by atoms with Crippen molar-refractivity contribution in [3.63, 3.8) is 0 Å². The minimum absolute atomic E-state index is 0.0162. The van der Waals surface area contributed by atoms with Gasteiger partial charge in [0.2, 0.25) is 5.89 Å². The van der Waals surface area contributed by atoms with Crippen molar-refractivity contribution in [2.75, 3.05) is 6.54 Å². The van der Waals surface area contributed by atoms with E-state index in [1.165, 1.54) is 0 Å². The summed E-state index contributed by atoms with van der Waals surface area (Å²) in [5.74, 6) is 1.12. The molecule has 1 aliphatic heterocycles. The van der Waals surface area contributed by atoms with E-state index in [9.17, 15) is 4.79 Å². The highest BCUT2D eigenvalue weighted by Gasteiger charge is 2.30. The lowest BCUT2D eigenvalue weighted by Crippen LogP contribution is -2.35. The number of amides is 1. The molecule has 6 nitrogen and oxygen atoms in total. The maximum Gasteiger partial charge on any atom is 0.256 e. The van der Waals surface area contributed by atoms with E-state index in [0.29, 0.717) is 23.8 Å². The fourth-order valence-electron chi connectivity index (χ4n) is 2.73. The Morgan fingerprint density at radius 1 is 1.38 bits per heavy atom. The van der Waals surface area contributed by atoms with Gasteiger partial charge in [0.1, 0.15) is 0 Å². The van der Waals surface area contributed by atoms with E-state index >= 15 is 0 Å². The van der Waals surface area contributed by atoms with Gasteiger partial charge in [0.25, 0.3) is 5.91 Å². The first kappa shape index (κ1) is 13.7. The second-order valence-corrected chi connectivity index (χ2v) is 5.28. The first-order valence-corrected chi connectivity index (χ1v) is 7.27. The molecule has 2 aromatic heterocycles. The van der Waals surface area contributed by atoms with Gasteiger partial charge < -0.3 is 9.42 Å². The highest BCUT2D eigenvalue weighted by atomic mass is 16.5. The molecule has 1 saturated heterocycles. The van der Waals surface area contributed by atoms with Crippen molar-refractivity contribution in [1.82, 2.24) is 20.0 Å². The molecule has 1 fully saturated rings. The summed E-state index contributed by atoms with van der Waals surface area (Å²) in [6, 6.07) is 3.45. The van der Waals surface area contributed by atoms with Crippen molar-refractivity contribution < 1.29 is 9.32 Å². The Hall–Kier alpha value is -2.24. The van der Waals surface area contributed by atoms with Gasteiger partial charge in [-0.15, -0.1) is 0 Å². The number of rotatable bonds is 2. The zero-order valence-electron chi connectivity index (χ0n) is 12.0. The second-order valence-electron chi connectivity index (χ2n) is 5.28. The molecule has 3 heterocycles. The van der Waals surface area contributed by atoms with Gasteiger partial charge >= 0.3 is 0 Å². The van der Waals surface area contributed by atoms with Gasteiger partial charge in [0.15, 0.2) is 5.82 Å². The van der Waals surface area contributed by atoms with E-state index in [1.54, 1.807) is 31.5 Å². The highest BCUT2D eigenvalue weighted by Crippen LogP contribution is 2.29. The van der Waals surface area contributed by atoms with Crippen LogP contribution in [0.3, 0.4) is 0 Å². The number of nitrogens with zero attached hydrogens (tertiary/aromatic N) is 4. The molecule has 0 radical (unpaired) electrons. The largest absolute Gasteiger partial charge is 0.340 e. The quantitative estimate of drug-likeness (QED) is 0.848. The summed E-state index contributed by atoms with van der Waals surface area (Å²) < 4.78 is 5.08. The van der Waals surface area contributed by atoms with E-state index in [-0.39, 0.29) is 11.9 Å². The normalized spacial score (nSPS) is 19.3. The summed E-state index contributed by atoms with van der Waals surface area (Å²) in [4.78, 5) is 22.9. The first-order chi connectivity index (χ1) is 10.3. The second kappa shape index (κ2) is 6.03. The zero-order valence-corrected chi connectivity index (χ0v) is 12.0. The standard InChI is InChI=1S/C15H18N4O2/c1-11-17-14(18-21-11)13-7-3-2-4-9-19(13)15(20)12-6-5-8-16-10-12/h5-6,8,10,13H,2-4,7,9H2,1H3/t13-/m1/s1. The van der Waals surface area contributed by atoms with Gasteiger partial charge in [-0.05, 0) is 25.0 Å². The van der Waals surface area contributed by atoms with Crippen LogP contribution in [0, 0.1) is 6.92 Å². The molecule has 21 heavy (non-hydrogen) atoms. The van der Waals surface area contributed by atoms with Crippen molar-refractivity contribution in [3.05, 3.63) is 41.8 Å². The van der Waals surface area contributed by atoms with Gasteiger partial charge in [-0.1, -0.05) is 18.0 Å². The molecular weight excluding hydrogens is 268 g/mol. The Kier molecular flexibility index (Phi) is 3.94. The van der Waals surface area contributed by atoms with Crippen LogP contribution in [0.1, 0.15) is 53.8 Å². The molecule has 0 aromatic carbocycles. The van der Waals surface area contributed by atoms with Crippen LogP contribution in [0.15, 0.2) is 29.0 Å². The fraction of sp³-hybridized carbons (Fsp3) is 0.467. The van der Waals surface area contributed by atoms with Crippen molar-refractivity contribution in [2.24, 2.45) is 0 Å². The minimum Gasteiger partial charge on any atom is -0.340 e. The van der Waals surface area contributed by atoms with Gasteiger partial charge in [-0.2, -0.15) is 4.98 Å². The number of aryl methyl sites for hydroxylation is 1. The Morgan fingerprint density at radius 3 is 3.00 bits per heavy atom. The van der Waals surface area contributed by atoms with Crippen LogP contribution in [-0.2, 0) is 0 Å². The van der Waals surface area contributed by atoms with Crippen molar-refractivity contribution >= 4 is 5.91 Å². The van der Waals surface area contributed by atoms with Crippen LogP contribution in [0.5, 0.6) is 0 Å². The van der Waals surface area contributed by atoms with Gasteiger partial charge in [0, 0.05) is 25.9 Å². The van der Waals surface area contributed by atoms with Gasteiger partial charge in [-0.3, -0.25) is 9.78 Å². The molecular formula is C15H18N4O2. The predicted octanol–water partition coefficient (Wildman–Crippen LogP) is 2.53. The summed E-state index contributed by atoms with van der Waals surface area (Å²) >= 11 is 0. The molecule has 0 unspecified atom stereocenters. The van der Waals surface area contributed by atoms with E-state index in [0.717, 1.165) is 25.7 Å². The molecule has 0 aliphatic carbocycles. The van der Waals surface area contributed by atoms with E-state index in [2.05, 4.69) is 15.1 Å². The number of carbonyl (C=O) groups is 1. The number of likely N-dealkylation sites (tertiary alicyclic amines) is 1. The number of aromatic nitrogens is 3. The molecule has 1 aliphatic rings. The summed E-state index contributed by atoms with van der Waals surface area (Å²) in [5.41, 5.74) is 0.601. The fourth-order valence-corrected chi connectivity index (χ4v) is 2.73. The molecule has 2 aromatic rings. The molecule has 1 atom stereocenters. The maximum absolute atomic E-state index is 12.7. The smallest absolute Gasteiger partial charge is 0.256 e. The van der Waals surface area contributed by atoms with Crippen LogP contribution in [0.4, 0.5) is 0 Å². The monoisotopic (exact) mass is 286 g/mol. The zero-order chi connectivity index (χ0) is 14.7. The lowest BCUT2D eigenvalue weighted by atomic mass is 10.1. The number of carbonyl (C=O) groups excluding carboxylic acids is 1. The van der Waals surface area contributed by atoms with E-state index < -0.39 is 0 Å². The third-order valence-electron chi connectivity index (χ3n) is 3.76. The Bertz CT molecular complexity index is 611. The topological polar surface area (TPSA) is 72.1 Å². The van der Waals surface area contributed by atoms with Crippen LogP contribution in [-0.4, -0.2) is 32.5 Å². The summed E-state index contributed by atoms with van der Waals surface area (Å²) in [6.07, 6.45) is 7.31. The first-order valence-electron chi connectivity index (χ1n) is 7.27. The van der Waals surface area contributed by atoms with Crippen LogP contribution in [0.25, 0.3) is 0 Å². The van der Waals surface area contributed by atoms with Crippen molar-refractivity contribution in [2.45, 2.75) is 38.6 Å². The maximum atomic E-state index is 12.7. The number of hydrogen-bond acceptors (Lipinski definition) is 5. The van der Waals surface area contributed by atoms with Gasteiger partial charge in [0.05, 0.1) is 11.6 Å². The van der Waals surface area contributed by atoms with Crippen LogP contribution < -0.4 is 0 Å². The Labute approximate surface area is 123 Å². The van der Waals surface area contributed by atoms with Crippen LogP contribution in [0.2, 0.25) is 0 Å². The van der Waals surface area contributed by atoms with Crippen LogP contribution >= 0.6 is 0 Å². The molecule has 0 saturated carbocycles. The molecule has 0 bridgehead atoms. The molecule has 0 N–H and O–H groups in total. The molecule has 0 spiro atoms. The third kappa shape index (κ3) is 2.94. The number of hydrogen-bond donors (Lipinski definition) is 0. The average molecular weight is 286 g/mol. The lowest BCUT2D eigenvalue weighted by Gasteiger charge is -2.27. The SMILES string of the molecule is Cc1nc([C@H]2CCCCCN2C(=O)c2cccnc2)no1.